The molecule has 0 saturated heterocycles. The first kappa shape index (κ1) is 12.5. The zero-order valence-corrected chi connectivity index (χ0v) is 10.3. The van der Waals surface area contributed by atoms with Gasteiger partial charge in [-0.05, 0) is 38.0 Å². The summed E-state index contributed by atoms with van der Waals surface area (Å²) in [5.41, 5.74) is 5.85. The van der Waals surface area contributed by atoms with Crippen LogP contribution in [0.4, 0.5) is 0 Å². The van der Waals surface area contributed by atoms with Gasteiger partial charge < -0.3 is 10.5 Å². The Balaban J connectivity index is 2.84. The van der Waals surface area contributed by atoms with Crippen molar-refractivity contribution in [2.24, 2.45) is 17.1 Å². The third kappa shape index (κ3) is 2.51. The SMILES string of the molecule is COC(=O)CC1(C(C)(C)N)CCC(C)C1. The Morgan fingerprint density at radius 1 is 1.60 bits per heavy atom. The van der Waals surface area contributed by atoms with Crippen LogP contribution in [0, 0.1) is 11.3 Å². The first-order valence-electron chi connectivity index (χ1n) is 5.66. The maximum Gasteiger partial charge on any atom is 0.306 e. The van der Waals surface area contributed by atoms with Crippen molar-refractivity contribution < 1.29 is 9.53 Å². The predicted octanol–water partition coefficient (Wildman–Crippen LogP) is 2.09. The fourth-order valence-corrected chi connectivity index (χ4v) is 2.72. The number of nitrogens with two attached hydrogens (primary N) is 1. The Bertz CT molecular complexity index is 244. The fraction of sp³-hybridized carbons (Fsp3) is 0.917. The Kier molecular flexibility index (Phi) is 3.44. The van der Waals surface area contributed by atoms with Crippen LogP contribution in [0.15, 0.2) is 0 Å². The minimum atomic E-state index is -0.314. The van der Waals surface area contributed by atoms with Crippen LogP contribution in [0.3, 0.4) is 0 Å². The number of hydrogen-bond acceptors (Lipinski definition) is 3. The molecule has 0 spiro atoms. The summed E-state index contributed by atoms with van der Waals surface area (Å²) < 4.78 is 4.77. The summed E-state index contributed by atoms with van der Waals surface area (Å²) in [7, 11) is 1.44. The van der Waals surface area contributed by atoms with Gasteiger partial charge in [0.05, 0.1) is 13.5 Å². The van der Waals surface area contributed by atoms with E-state index in [-0.39, 0.29) is 16.9 Å². The monoisotopic (exact) mass is 213 g/mol. The van der Waals surface area contributed by atoms with E-state index in [0.29, 0.717) is 12.3 Å². The summed E-state index contributed by atoms with van der Waals surface area (Å²) in [5.74, 6) is 0.528. The molecule has 88 valence electrons. The van der Waals surface area contributed by atoms with Gasteiger partial charge in [0.1, 0.15) is 0 Å². The lowest BCUT2D eigenvalue weighted by molar-refractivity contribution is -0.144. The molecule has 3 nitrogen and oxygen atoms in total. The van der Waals surface area contributed by atoms with Crippen molar-refractivity contribution in [2.75, 3.05) is 7.11 Å². The molecule has 0 bridgehead atoms. The van der Waals surface area contributed by atoms with E-state index < -0.39 is 0 Å². The second-order valence-electron chi connectivity index (χ2n) is 5.60. The van der Waals surface area contributed by atoms with E-state index in [1.54, 1.807) is 0 Å². The van der Waals surface area contributed by atoms with Gasteiger partial charge in [0.2, 0.25) is 0 Å². The largest absolute Gasteiger partial charge is 0.469 e. The first-order valence-corrected chi connectivity index (χ1v) is 5.66. The van der Waals surface area contributed by atoms with Crippen molar-refractivity contribution >= 4 is 5.97 Å². The topological polar surface area (TPSA) is 52.3 Å². The molecule has 0 radical (unpaired) electrons. The summed E-state index contributed by atoms with van der Waals surface area (Å²) >= 11 is 0. The minimum Gasteiger partial charge on any atom is -0.469 e. The number of carbonyl (C=O) groups is 1. The number of hydrogen-bond donors (Lipinski definition) is 1. The van der Waals surface area contributed by atoms with Gasteiger partial charge in [-0.25, -0.2) is 0 Å². The van der Waals surface area contributed by atoms with Crippen LogP contribution >= 0.6 is 0 Å². The number of esters is 1. The van der Waals surface area contributed by atoms with Crippen LogP contribution in [0.25, 0.3) is 0 Å². The molecule has 1 fully saturated rings. The fourth-order valence-electron chi connectivity index (χ4n) is 2.72. The Morgan fingerprint density at radius 3 is 2.53 bits per heavy atom. The molecule has 0 heterocycles. The highest BCUT2D eigenvalue weighted by Crippen LogP contribution is 2.50. The smallest absolute Gasteiger partial charge is 0.306 e. The van der Waals surface area contributed by atoms with Gasteiger partial charge in [0.25, 0.3) is 0 Å². The molecular formula is C12H23NO2. The average Bonchev–Trinajstić information content (AvgIpc) is 2.47. The number of carbonyl (C=O) groups excluding carboxylic acids is 1. The van der Waals surface area contributed by atoms with Crippen molar-refractivity contribution in [1.82, 2.24) is 0 Å². The number of rotatable bonds is 3. The molecule has 3 heteroatoms. The zero-order chi connectivity index (χ0) is 11.7. The van der Waals surface area contributed by atoms with Crippen LogP contribution in [0.1, 0.15) is 46.5 Å². The van der Waals surface area contributed by atoms with Gasteiger partial charge in [0, 0.05) is 5.54 Å². The maximum atomic E-state index is 11.4. The molecule has 2 atom stereocenters. The molecule has 1 saturated carbocycles. The van der Waals surface area contributed by atoms with E-state index in [4.69, 9.17) is 10.5 Å². The van der Waals surface area contributed by atoms with Gasteiger partial charge >= 0.3 is 5.97 Å². The Hall–Kier alpha value is -0.570. The van der Waals surface area contributed by atoms with Crippen molar-refractivity contribution in [1.29, 1.82) is 0 Å². The van der Waals surface area contributed by atoms with Crippen LogP contribution in [0.2, 0.25) is 0 Å². The summed E-state index contributed by atoms with van der Waals surface area (Å²) in [5, 5.41) is 0. The van der Waals surface area contributed by atoms with Gasteiger partial charge in [0.15, 0.2) is 0 Å². The van der Waals surface area contributed by atoms with Gasteiger partial charge in [-0.15, -0.1) is 0 Å². The highest BCUT2D eigenvalue weighted by atomic mass is 16.5. The van der Waals surface area contributed by atoms with Gasteiger partial charge in [-0.2, -0.15) is 0 Å². The van der Waals surface area contributed by atoms with Gasteiger partial charge in [-0.3, -0.25) is 4.79 Å². The molecule has 2 unspecified atom stereocenters. The Labute approximate surface area is 92.4 Å². The van der Waals surface area contributed by atoms with Gasteiger partial charge in [-0.1, -0.05) is 13.3 Å². The van der Waals surface area contributed by atoms with E-state index in [1.165, 1.54) is 7.11 Å². The van der Waals surface area contributed by atoms with Crippen LogP contribution in [-0.2, 0) is 9.53 Å². The summed E-state index contributed by atoms with van der Waals surface area (Å²) in [6.45, 7) is 6.27. The van der Waals surface area contributed by atoms with E-state index in [1.807, 2.05) is 13.8 Å². The van der Waals surface area contributed by atoms with Crippen LogP contribution in [0.5, 0.6) is 0 Å². The second-order valence-corrected chi connectivity index (χ2v) is 5.60. The first-order chi connectivity index (χ1) is 6.81. The summed E-state index contributed by atoms with van der Waals surface area (Å²) in [6.07, 6.45) is 3.69. The minimum absolute atomic E-state index is 0.0699. The summed E-state index contributed by atoms with van der Waals surface area (Å²) in [6, 6.07) is 0. The number of methoxy groups -OCH3 is 1. The standard InChI is InChI=1S/C12H23NO2/c1-9-5-6-12(7-9,11(2,3)13)8-10(14)15-4/h9H,5-8,13H2,1-4H3. The lowest BCUT2D eigenvalue weighted by Gasteiger charge is -2.41. The average molecular weight is 213 g/mol. The lowest BCUT2D eigenvalue weighted by atomic mass is 9.68. The zero-order valence-electron chi connectivity index (χ0n) is 10.3. The third-order valence-electron chi connectivity index (χ3n) is 3.93. The number of ether oxygens (including phenoxy) is 1. The van der Waals surface area contributed by atoms with Crippen LogP contribution < -0.4 is 5.73 Å². The molecule has 0 amide bonds. The molecule has 0 aromatic rings. The summed E-state index contributed by atoms with van der Waals surface area (Å²) in [4.78, 5) is 11.4. The lowest BCUT2D eigenvalue weighted by Crippen LogP contribution is -2.50. The van der Waals surface area contributed by atoms with E-state index in [9.17, 15) is 4.79 Å². The molecule has 1 aliphatic carbocycles. The molecule has 1 rings (SSSR count). The molecule has 1 aliphatic rings. The molecular weight excluding hydrogens is 190 g/mol. The molecule has 0 aliphatic heterocycles. The molecule has 0 aromatic carbocycles. The van der Waals surface area contributed by atoms with Crippen molar-refractivity contribution in [2.45, 2.75) is 52.0 Å². The predicted molar refractivity (Wildman–Crippen MR) is 60.3 cm³/mol. The van der Waals surface area contributed by atoms with Crippen molar-refractivity contribution in [3.8, 4) is 0 Å². The molecule has 0 aromatic heterocycles. The highest BCUT2D eigenvalue weighted by Gasteiger charge is 2.48. The van der Waals surface area contributed by atoms with Crippen LogP contribution in [-0.4, -0.2) is 18.6 Å². The Morgan fingerprint density at radius 2 is 2.20 bits per heavy atom. The normalized spacial score (nSPS) is 31.7. The van der Waals surface area contributed by atoms with E-state index in [2.05, 4.69) is 6.92 Å². The van der Waals surface area contributed by atoms with E-state index in [0.717, 1.165) is 19.3 Å². The van der Waals surface area contributed by atoms with Crippen molar-refractivity contribution in [3.05, 3.63) is 0 Å². The quantitative estimate of drug-likeness (QED) is 0.730. The highest BCUT2D eigenvalue weighted by molar-refractivity contribution is 5.70. The van der Waals surface area contributed by atoms with E-state index >= 15 is 0 Å². The molecule has 2 N–H and O–H groups in total. The third-order valence-corrected chi connectivity index (χ3v) is 3.93. The molecule has 15 heavy (non-hydrogen) atoms. The van der Waals surface area contributed by atoms with Crippen molar-refractivity contribution in [3.63, 3.8) is 0 Å². The second kappa shape index (κ2) is 4.12. The maximum absolute atomic E-state index is 11.4.